The van der Waals surface area contributed by atoms with Crippen LogP contribution in [0.5, 0.6) is 0 Å². The summed E-state index contributed by atoms with van der Waals surface area (Å²) in [6, 6.07) is 8.01. The lowest BCUT2D eigenvalue weighted by atomic mass is 9.80. The maximum Gasteiger partial charge on any atom is 0.411 e. The van der Waals surface area contributed by atoms with Crippen LogP contribution in [-0.2, 0) is 25.7 Å². The topological polar surface area (TPSA) is 72.9 Å². The molecule has 0 N–H and O–H groups in total. The number of carbonyl (C=O) groups is 3. The molecular weight excluding hydrogens is 310 g/mol. The van der Waals surface area contributed by atoms with Crippen molar-refractivity contribution in [3.63, 3.8) is 0 Å². The van der Waals surface area contributed by atoms with E-state index in [9.17, 15) is 14.4 Å². The molecule has 0 spiro atoms. The van der Waals surface area contributed by atoms with Crippen LogP contribution in [-0.4, -0.2) is 41.9 Å². The maximum atomic E-state index is 12.5. The molecule has 0 aliphatic carbocycles. The number of ketones is 1. The van der Waals surface area contributed by atoms with Crippen molar-refractivity contribution in [3.8, 4) is 0 Å². The Bertz CT molecular complexity index is 611. The minimum Gasteiger partial charge on any atom is -0.464 e. The SMILES string of the molecule is CCOC(=O)C1C(=O)CC(C)(C)CN1C(=O)OCc1ccccc1. The van der Waals surface area contributed by atoms with Gasteiger partial charge in [0, 0.05) is 13.0 Å². The van der Waals surface area contributed by atoms with E-state index in [4.69, 9.17) is 9.47 Å². The summed E-state index contributed by atoms with van der Waals surface area (Å²) in [7, 11) is 0. The van der Waals surface area contributed by atoms with Gasteiger partial charge in [0.15, 0.2) is 11.8 Å². The first-order chi connectivity index (χ1) is 11.3. The largest absolute Gasteiger partial charge is 0.464 e. The molecule has 1 atom stereocenters. The van der Waals surface area contributed by atoms with Gasteiger partial charge in [-0.25, -0.2) is 9.59 Å². The summed E-state index contributed by atoms with van der Waals surface area (Å²) in [5.41, 5.74) is 0.424. The number of rotatable bonds is 4. The lowest BCUT2D eigenvalue weighted by Gasteiger charge is -2.40. The van der Waals surface area contributed by atoms with Gasteiger partial charge in [0.2, 0.25) is 0 Å². The molecule has 1 aromatic carbocycles. The lowest BCUT2D eigenvalue weighted by Crippen LogP contribution is -2.58. The molecule has 2 rings (SSSR count). The van der Waals surface area contributed by atoms with Gasteiger partial charge in [-0.15, -0.1) is 0 Å². The number of benzene rings is 1. The van der Waals surface area contributed by atoms with Gasteiger partial charge in [-0.3, -0.25) is 9.69 Å². The number of piperidine rings is 1. The molecule has 1 heterocycles. The Labute approximate surface area is 141 Å². The highest BCUT2D eigenvalue weighted by molar-refractivity contribution is 6.06. The third-order valence-electron chi connectivity index (χ3n) is 3.82. The van der Waals surface area contributed by atoms with Crippen molar-refractivity contribution >= 4 is 17.8 Å². The van der Waals surface area contributed by atoms with Crippen LogP contribution in [0, 0.1) is 5.41 Å². The van der Waals surface area contributed by atoms with Gasteiger partial charge < -0.3 is 9.47 Å². The van der Waals surface area contributed by atoms with Gasteiger partial charge in [-0.2, -0.15) is 0 Å². The molecule has 1 fully saturated rings. The molecule has 1 saturated heterocycles. The molecule has 24 heavy (non-hydrogen) atoms. The predicted molar refractivity (Wildman–Crippen MR) is 87.2 cm³/mol. The number of nitrogens with zero attached hydrogens (tertiary/aromatic N) is 1. The zero-order valence-electron chi connectivity index (χ0n) is 14.3. The van der Waals surface area contributed by atoms with Crippen molar-refractivity contribution in [3.05, 3.63) is 35.9 Å². The van der Waals surface area contributed by atoms with E-state index in [0.717, 1.165) is 5.56 Å². The highest BCUT2D eigenvalue weighted by Gasteiger charge is 2.46. The first-order valence-corrected chi connectivity index (χ1v) is 8.01. The van der Waals surface area contributed by atoms with E-state index in [1.807, 2.05) is 44.2 Å². The molecule has 1 aliphatic rings. The molecule has 6 nitrogen and oxygen atoms in total. The fourth-order valence-corrected chi connectivity index (χ4v) is 2.80. The normalized spacial score (nSPS) is 19.7. The van der Waals surface area contributed by atoms with E-state index in [1.54, 1.807) is 6.92 Å². The third-order valence-corrected chi connectivity index (χ3v) is 3.82. The van der Waals surface area contributed by atoms with Gasteiger partial charge >= 0.3 is 12.1 Å². The lowest BCUT2D eigenvalue weighted by molar-refractivity contribution is -0.156. The van der Waals surface area contributed by atoms with E-state index in [2.05, 4.69) is 0 Å². The summed E-state index contributed by atoms with van der Waals surface area (Å²) in [5, 5.41) is 0. The maximum absolute atomic E-state index is 12.5. The first kappa shape index (κ1) is 18.0. The fraction of sp³-hybridized carbons (Fsp3) is 0.500. The van der Waals surface area contributed by atoms with E-state index in [-0.39, 0.29) is 32.0 Å². The highest BCUT2D eigenvalue weighted by atomic mass is 16.6. The number of hydrogen-bond acceptors (Lipinski definition) is 5. The Kier molecular flexibility index (Phi) is 5.59. The van der Waals surface area contributed by atoms with Crippen LogP contribution in [0.15, 0.2) is 30.3 Å². The van der Waals surface area contributed by atoms with Gasteiger partial charge in [-0.1, -0.05) is 44.2 Å². The molecule has 0 bridgehead atoms. The number of Topliss-reactive ketones (excluding diaryl/α,β-unsaturated/α-hetero) is 1. The Balaban J connectivity index is 2.13. The molecule has 0 saturated carbocycles. The van der Waals surface area contributed by atoms with Crippen LogP contribution in [0.3, 0.4) is 0 Å². The number of likely N-dealkylation sites (tertiary alicyclic amines) is 1. The monoisotopic (exact) mass is 333 g/mol. The molecule has 0 aromatic heterocycles. The van der Waals surface area contributed by atoms with Crippen molar-refractivity contribution < 1.29 is 23.9 Å². The zero-order valence-corrected chi connectivity index (χ0v) is 14.3. The first-order valence-electron chi connectivity index (χ1n) is 8.01. The smallest absolute Gasteiger partial charge is 0.411 e. The predicted octanol–water partition coefficient (Wildman–Crippen LogP) is 2.56. The van der Waals surface area contributed by atoms with Crippen LogP contribution < -0.4 is 0 Å². The summed E-state index contributed by atoms with van der Waals surface area (Å²) in [6.45, 7) is 5.91. The van der Waals surface area contributed by atoms with Crippen molar-refractivity contribution in [2.24, 2.45) is 5.41 Å². The van der Waals surface area contributed by atoms with Gasteiger partial charge in [0.05, 0.1) is 6.61 Å². The Morgan fingerprint density at radius 2 is 1.88 bits per heavy atom. The molecule has 0 radical (unpaired) electrons. The molecule has 1 aliphatic heterocycles. The van der Waals surface area contributed by atoms with Crippen LogP contribution >= 0.6 is 0 Å². The molecule has 6 heteroatoms. The summed E-state index contributed by atoms with van der Waals surface area (Å²) < 4.78 is 10.2. The van der Waals surface area contributed by atoms with Crippen LogP contribution in [0.1, 0.15) is 32.8 Å². The van der Waals surface area contributed by atoms with E-state index < -0.39 is 23.5 Å². The molecular formula is C18H23NO5. The molecule has 1 aromatic rings. The number of carbonyl (C=O) groups excluding carboxylic acids is 3. The second-order valence-electron chi connectivity index (χ2n) is 6.63. The second kappa shape index (κ2) is 7.47. The molecule has 1 unspecified atom stereocenters. The van der Waals surface area contributed by atoms with Crippen LogP contribution in [0.4, 0.5) is 4.79 Å². The average Bonchev–Trinajstić information content (AvgIpc) is 2.52. The average molecular weight is 333 g/mol. The highest BCUT2D eigenvalue weighted by Crippen LogP contribution is 2.31. The van der Waals surface area contributed by atoms with Crippen molar-refractivity contribution in [2.45, 2.75) is 39.8 Å². The summed E-state index contributed by atoms with van der Waals surface area (Å²) in [4.78, 5) is 38.1. The summed E-state index contributed by atoms with van der Waals surface area (Å²) >= 11 is 0. The number of ether oxygens (including phenoxy) is 2. The Hall–Kier alpha value is -2.37. The van der Waals surface area contributed by atoms with E-state index >= 15 is 0 Å². The minimum atomic E-state index is -1.22. The number of hydrogen-bond donors (Lipinski definition) is 0. The Morgan fingerprint density at radius 3 is 2.50 bits per heavy atom. The van der Waals surface area contributed by atoms with Gasteiger partial charge in [0.25, 0.3) is 0 Å². The van der Waals surface area contributed by atoms with E-state index in [1.165, 1.54) is 4.90 Å². The molecule has 130 valence electrons. The second-order valence-corrected chi connectivity index (χ2v) is 6.63. The van der Waals surface area contributed by atoms with Crippen molar-refractivity contribution in [1.82, 2.24) is 4.90 Å². The standard InChI is InChI=1S/C18H23NO5/c1-4-23-16(21)15-14(20)10-18(2,3)12-19(15)17(22)24-11-13-8-6-5-7-9-13/h5-9,15H,4,10-12H2,1-3H3. The number of amides is 1. The van der Waals surface area contributed by atoms with Gasteiger partial charge in [-0.05, 0) is 17.9 Å². The fourth-order valence-electron chi connectivity index (χ4n) is 2.80. The van der Waals surface area contributed by atoms with Crippen molar-refractivity contribution in [1.29, 1.82) is 0 Å². The summed E-state index contributed by atoms with van der Waals surface area (Å²) in [5.74, 6) is -1.02. The number of esters is 1. The van der Waals surface area contributed by atoms with Crippen LogP contribution in [0.25, 0.3) is 0 Å². The van der Waals surface area contributed by atoms with Gasteiger partial charge in [0.1, 0.15) is 6.61 Å². The van der Waals surface area contributed by atoms with Crippen molar-refractivity contribution in [2.75, 3.05) is 13.2 Å². The third kappa shape index (κ3) is 4.34. The quantitative estimate of drug-likeness (QED) is 0.625. The van der Waals surface area contributed by atoms with Crippen LogP contribution in [0.2, 0.25) is 0 Å². The van der Waals surface area contributed by atoms with E-state index in [0.29, 0.717) is 0 Å². The minimum absolute atomic E-state index is 0.0837. The molecule has 1 amide bonds. The Morgan fingerprint density at radius 1 is 1.21 bits per heavy atom. The summed E-state index contributed by atoms with van der Waals surface area (Å²) in [6.07, 6.45) is -0.461. The zero-order chi connectivity index (χ0) is 17.7.